The van der Waals surface area contributed by atoms with Gasteiger partial charge < -0.3 is 14.7 Å². The zero-order chi connectivity index (χ0) is 18.7. The van der Waals surface area contributed by atoms with E-state index in [-0.39, 0.29) is 23.8 Å². The fourth-order valence-electron chi connectivity index (χ4n) is 4.00. The van der Waals surface area contributed by atoms with Crippen LogP contribution in [-0.4, -0.2) is 70.2 Å². The number of carbonyl (C=O) groups is 2. The number of hydrogen-bond acceptors (Lipinski definition) is 5. The summed E-state index contributed by atoms with van der Waals surface area (Å²) < 4.78 is 0. The summed E-state index contributed by atoms with van der Waals surface area (Å²) >= 11 is 0. The third kappa shape index (κ3) is 4.20. The Kier molecular flexibility index (Phi) is 5.86. The largest absolute Gasteiger partial charge is 0.343 e. The van der Waals surface area contributed by atoms with Gasteiger partial charge in [0.1, 0.15) is 0 Å². The molecule has 0 N–H and O–H groups in total. The number of piperidine rings is 1. The first-order valence-electron chi connectivity index (χ1n) is 9.47. The summed E-state index contributed by atoms with van der Waals surface area (Å²) in [4.78, 5) is 39.6. The second-order valence-electron chi connectivity index (χ2n) is 7.64. The molecule has 0 radical (unpaired) electrons. The van der Waals surface area contributed by atoms with Crippen LogP contribution in [0.15, 0.2) is 12.4 Å². The van der Waals surface area contributed by atoms with Gasteiger partial charge in [-0.25, -0.2) is 0 Å². The fourth-order valence-corrected chi connectivity index (χ4v) is 4.00. The maximum atomic E-state index is 13.1. The molecule has 2 aliphatic heterocycles. The van der Waals surface area contributed by atoms with Gasteiger partial charge in [0.25, 0.3) is 0 Å². The summed E-state index contributed by atoms with van der Waals surface area (Å²) in [7, 11) is 4.01. The van der Waals surface area contributed by atoms with Gasteiger partial charge in [0.05, 0.1) is 23.6 Å². The van der Waals surface area contributed by atoms with Crippen LogP contribution in [0.4, 0.5) is 0 Å². The van der Waals surface area contributed by atoms with Crippen molar-refractivity contribution in [3.8, 4) is 0 Å². The van der Waals surface area contributed by atoms with Gasteiger partial charge in [0, 0.05) is 45.2 Å². The van der Waals surface area contributed by atoms with Crippen molar-refractivity contribution in [2.75, 3.05) is 33.7 Å². The molecule has 26 heavy (non-hydrogen) atoms. The van der Waals surface area contributed by atoms with E-state index in [4.69, 9.17) is 4.98 Å². The summed E-state index contributed by atoms with van der Waals surface area (Å²) in [6, 6.07) is 0.0305. The maximum absolute atomic E-state index is 13.1. The van der Waals surface area contributed by atoms with Crippen LogP contribution in [0, 0.1) is 5.92 Å². The molecule has 0 aliphatic carbocycles. The van der Waals surface area contributed by atoms with E-state index >= 15 is 0 Å². The molecular weight excluding hydrogens is 330 g/mol. The molecule has 7 heteroatoms. The van der Waals surface area contributed by atoms with Crippen molar-refractivity contribution in [3.63, 3.8) is 0 Å². The number of amides is 2. The van der Waals surface area contributed by atoms with E-state index in [1.165, 1.54) is 0 Å². The van der Waals surface area contributed by atoms with Gasteiger partial charge in [-0.2, -0.15) is 0 Å². The average Bonchev–Trinajstić information content (AvgIpc) is 3.10. The van der Waals surface area contributed by atoms with Gasteiger partial charge in [-0.1, -0.05) is 0 Å². The molecule has 3 heterocycles. The van der Waals surface area contributed by atoms with Crippen LogP contribution in [0.25, 0.3) is 0 Å². The van der Waals surface area contributed by atoms with Crippen LogP contribution < -0.4 is 0 Å². The lowest BCUT2D eigenvalue weighted by molar-refractivity contribution is -0.140. The van der Waals surface area contributed by atoms with Gasteiger partial charge in [0.2, 0.25) is 11.8 Å². The SMILES string of the molecule is CC(=O)N1CCC(C(=O)N2CCC[C@H]2c2cncc(CN(C)C)n2)CC1. The van der Waals surface area contributed by atoms with Crippen molar-refractivity contribution in [1.29, 1.82) is 0 Å². The Hall–Kier alpha value is -2.02. The molecule has 0 aromatic carbocycles. The zero-order valence-electron chi connectivity index (χ0n) is 16.0. The Morgan fingerprint density at radius 2 is 1.88 bits per heavy atom. The minimum absolute atomic E-state index is 0.0177. The second kappa shape index (κ2) is 8.12. The molecular formula is C19H29N5O2. The molecule has 1 aromatic rings. The Morgan fingerprint density at radius 1 is 1.15 bits per heavy atom. The van der Waals surface area contributed by atoms with Gasteiger partial charge in [0.15, 0.2) is 0 Å². The highest BCUT2D eigenvalue weighted by Gasteiger charge is 2.36. The minimum atomic E-state index is 0.0177. The van der Waals surface area contributed by atoms with E-state index in [9.17, 15) is 9.59 Å². The third-order valence-corrected chi connectivity index (χ3v) is 5.35. The van der Waals surface area contributed by atoms with Gasteiger partial charge in [-0.15, -0.1) is 0 Å². The van der Waals surface area contributed by atoms with Gasteiger partial charge in [-0.05, 0) is 39.8 Å². The fraction of sp³-hybridized carbons (Fsp3) is 0.684. The molecule has 2 amide bonds. The minimum Gasteiger partial charge on any atom is -0.343 e. The van der Waals surface area contributed by atoms with E-state index < -0.39 is 0 Å². The highest BCUT2D eigenvalue weighted by molar-refractivity contribution is 5.80. The maximum Gasteiger partial charge on any atom is 0.226 e. The van der Waals surface area contributed by atoms with Crippen molar-refractivity contribution >= 4 is 11.8 Å². The van der Waals surface area contributed by atoms with E-state index in [0.29, 0.717) is 13.1 Å². The molecule has 2 saturated heterocycles. The van der Waals surface area contributed by atoms with E-state index in [0.717, 1.165) is 50.2 Å². The molecule has 0 saturated carbocycles. The van der Waals surface area contributed by atoms with Crippen LogP contribution in [0.1, 0.15) is 50.0 Å². The molecule has 0 spiro atoms. The summed E-state index contributed by atoms with van der Waals surface area (Å²) in [6.45, 7) is 4.49. The smallest absolute Gasteiger partial charge is 0.226 e. The number of likely N-dealkylation sites (tertiary alicyclic amines) is 2. The third-order valence-electron chi connectivity index (χ3n) is 5.35. The van der Waals surface area contributed by atoms with Crippen molar-refractivity contribution in [3.05, 3.63) is 23.8 Å². The Labute approximate surface area is 155 Å². The number of carbonyl (C=O) groups excluding carboxylic acids is 2. The molecule has 0 bridgehead atoms. The molecule has 7 nitrogen and oxygen atoms in total. The van der Waals surface area contributed by atoms with Crippen LogP contribution in [0.5, 0.6) is 0 Å². The molecule has 142 valence electrons. The number of rotatable bonds is 4. The standard InChI is InChI=1S/C19H29N5O2/c1-14(25)23-9-6-15(7-10-23)19(26)24-8-4-5-18(24)17-12-20-11-16(21-17)13-22(2)3/h11-12,15,18H,4-10,13H2,1-3H3/t18-/m0/s1. The first-order chi connectivity index (χ1) is 12.5. The zero-order valence-corrected chi connectivity index (χ0v) is 16.0. The van der Waals surface area contributed by atoms with Crippen LogP contribution in [-0.2, 0) is 16.1 Å². The van der Waals surface area contributed by atoms with Gasteiger partial charge in [-0.3, -0.25) is 19.6 Å². The summed E-state index contributed by atoms with van der Waals surface area (Å²) in [6.07, 6.45) is 7.05. The molecule has 1 atom stereocenters. The molecule has 3 rings (SSSR count). The summed E-state index contributed by atoms with van der Waals surface area (Å²) in [5.74, 6) is 0.336. The number of nitrogens with zero attached hydrogens (tertiary/aromatic N) is 5. The Bertz CT molecular complexity index is 655. The van der Waals surface area contributed by atoms with E-state index in [2.05, 4.69) is 9.88 Å². The van der Waals surface area contributed by atoms with Crippen LogP contribution in [0.3, 0.4) is 0 Å². The van der Waals surface area contributed by atoms with Crippen molar-refractivity contribution < 1.29 is 9.59 Å². The Balaban J connectivity index is 1.68. The van der Waals surface area contributed by atoms with Crippen molar-refractivity contribution in [2.24, 2.45) is 5.92 Å². The van der Waals surface area contributed by atoms with Crippen LogP contribution >= 0.6 is 0 Å². The first-order valence-corrected chi connectivity index (χ1v) is 9.47. The second-order valence-corrected chi connectivity index (χ2v) is 7.64. The molecule has 2 aliphatic rings. The lowest BCUT2D eigenvalue weighted by atomic mass is 9.94. The monoisotopic (exact) mass is 359 g/mol. The first kappa shape index (κ1) is 18.8. The van der Waals surface area contributed by atoms with E-state index in [1.807, 2.05) is 23.9 Å². The normalized spacial score (nSPS) is 21.5. The van der Waals surface area contributed by atoms with Crippen molar-refractivity contribution in [1.82, 2.24) is 24.7 Å². The topological polar surface area (TPSA) is 69.6 Å². The molecule has 1 aromatic heterocycles. The number of hydrogen-bond donors (Lipinski definition) is 0. The lowest BCUT2D eigenvalue weighted by Gasteiger charge is -2.34. The quantitative estimate of drug-likeness (QED) is 0.814. The predicted octanol–water partition coefficient (Wildman–Crippen LogP) is 1.46. The number of aromatic nitrogens is 2. The highest BCUT2D eigenvalue weighted by atomic mass is 16.2. The summed E-state index contributed by atoms with van der Waals surface area (Å²) in [5, 5.41) is 0. The lowest BCUT2D eigenvalue weighted by Crippen LogP contribution is -2.43. The van der Waals surface area contributed by atoms with Crippen LogP contribution in [0.2, 0.25) is 0 Å². The predicted molar refractivity (Wildman–Crippen MR) is 98.1 cm³/mol. The van der Waals surface area contributed by atoms with Crippen molar-refractivity contribution in [2.45, 2.75) is 45.2 Å². The molecule has 2 fully saturated rings. The summed E-state index contributed by atoms with van der Waals surface area (Å²) in [5.41, 5.74) is 1.83. The average molecular weight is 359 g/mol. The highest BCUT2D eigenvalue weighted by Crippen LogP contribution is 2.33. The van der Waals surface area contributed by atoms with E-state index in [1.54, 1.807) is 19.3 Å². The Morgan fingerprint density at radius 3 is 2.54 bits per heavy atom. The molecule has 0 unspecified atom stereocenters. The van der Waals surface area contributed by atoms with Gasteiger partial charge >= 0.3 is 0 Å².